The number of urea groups is 1. The SMILES string of the molecule is O=C(Nc1ccccc1)N1CCC[C@H](C(=O)N2CCC[C@@H](c3nc(-c4ccc(F)cc4)no3)C2)C1. The van der Waals surface area contributed by atoms with Crippen molar-refractivity contribution in [2.45, 2.75) is 31.6 Å². The van der Waals surface area contributed by atoms with Crippen molar-refractivity contribution >= 4 is 17.6 Å². The molecule has 0 bridgehead atoms. The second kappa shape index (κ2) is 10.2. The van der Waals surface area contributed by atoms with E-state index in [1.807, 2.05) is 35.2 Å². The Morgan fingerprint density at radius 3 is 2.49 bits per heavy atom. The number of hydrogen-bond acceptors (Lipinski definition) is 5. The lowest BCUT2D eigenvalue weighted by atomic mass is 9.93. The molecule has 0 radical (unpaired) electrons. The van der Waals surface area contributed by atoms with Crippen LogP contribution in [0.3, 0.4) is 0 Å². The Balaban J connectivity index is 1.20. The topological polar surface area (TPSA) is 91.6 Å². The number of nitrogens with one attached hydrogen (secondary N) is 1. The molecule has 0 unspecified atom stereocenters. The van der Waals surface area contributed by atoms with Gasteiger partial charge in [0.05, 0.1) is 11.8 Å². The van der Waals surface area contributed by atoms with Crippen LogP contribution in [0, 0.1) is 11.7 Å². The molecule has 1 N–H and O–H groups in total. The van der Waals surface area contributed by atoms with Crippen LogP contribution < -0.4 is 5.32 Å². The van der Waals surface area contributed by atoms with Crippen molar-refractivity contribution in [3.63, 3.8) is 0 Å². The molecular formula is C26H28FN5O3. The lowest BCUT2D eigenvalue weighted by Crippen LogP contribution is -2.49. The van der Waals surface area contributed by atoms with E-state index in [2.05, 4.69) is 15.5 Å². The van der Waals surface area contributed by atoms with Crippen LogP contribution in [0.5, 0.6) is 0 Å². The maximum atomic E-state index is 13.4. The van der Waals surface area contributed by atoms with Crippen molar-refractivity contribution in [2.75, 3.05) is 31.5 Å². The minimum absolute atomic E-state index is 0.0459. The van der Waals surface area contributed by atoms with Gasteiger partial charge >= 0.3 is 6.03 Å². The molecule has 2 aromatic carbocycles. The second-order valence-electron chi connectivity index (χ2n) is 9.17. The molecular weight excluding hydrogens is 449 g/mol. The van der Waals surface area contributed by atoms with Gasteiger partial charge < -0.3 is 19.6 Å². The number of carbonyl (C=O) groups is 2. The number of rotatable bonds is 4. The fourth-order valence-corrected chi connectivity index (χ4v) is 4.84. The van der Waals surface area contributed by atoms with E-state index >= 15 is 0 Å². The number of para-hydroxylation sites is 1. The van der Waals surface area contributed by atoms with Gasteiger partial charge in [-0.1, -0.05) is 23.4 Å². The summed E-state index contributed by atoms with van der Waals surface area (Å²) in [5.74, 6) is 0.394. The van der Waals surface area contributed by atoms with Crippen LogP contribution in [0.15, 0.2) is 59.1 Å². The minimum atomic E-state index is -0.322. The van der Waals surface area contributed by atoms with Gasteiger partial charge in [0, 0.05) is 37.4 Å². The van der Waals surface area contributed by atoms with E-state index in [1.54, 1.807) is 17.0 Å². The highest BCUT2D eigenvalue weighted by atomic mass is 19.1. The molecule has 0 saturated carbocycles. The van der Waals surface area contributed by atoms with Crippen LogP contribution >= 0.6 is 0 Å². The van der Waals surface area contributed by atoms with Gasteiger partial charge in [-0.25, -0.2) is 9.18 Å². The molecule has 0 spiro atoms. The summed E-state index contributed by atoms with van der Waals surface area (Å²) in [5.41, 5.74) is 1.42. The summed E-state index contributed by atoms with van der Waals surface area (Å²) in [5, 5.41) is 6.96. The minimum Gasteiger partial charge on any atom is -0.342 e. The van der Waals surface area contributed by atoms with Gasteiger partial charge in [0.2, 0.25) is 17.6 Å². The quantitative estimate of drug-likeness (QED) is 0.596. The molecule has 2 atom stereocenters. The van der Waals surface area contributed by atoms with E-state index < -0.39 is 0 Å². The number of nitrogens with zero attached hydrogens (tertiary/aromatic N) is 4. The lowest BCUT2D eigenvalue weighted by Gasteiger charge is -2.37. The Bertz CT molecular complexity index is 1170. The van der Waals surface area contributed by atoms with E-state index in [-0.39, 0.29) is 29.6 Å². The van der Waals surface area contributed by atoms with E-state index in [9.17, 15) is 14.0 Å². The molecule has 35 heavy (non-hydrogen) atoms. The van der Waals surface area contributed by atoms with E-state index in [1.165, 1.54) is 12.1 Å². The Morgan fingerprint density at radius 2 is 1.69 bits per heavy atom. The second-order valence-corrected chi connectivity index (χ2v) is 9.17. The van der Waals surface area contributed by atoms with Crippen molar-refractivity contribution in [3.8, 4) is 11.4 Å². The summed E-state index contributed by atoms with van der Waals surface area (Å²) in [6, 6.07) is 15.1. The molecule has 3 heterocycles. The zero-order valence-electron chi connectivity index (χ0n) is 19.4. The first-order valence-corrected chi connectivity index (χ1v) is 12.1. The molecule has 3 amide bonds. The van der Waals surface area contributed by atoms with Crippen LogP contribution in [0.4, 0.5) is 14.9 Å². The van der Waals surface area contributed by atoms with Gasteiger partial charge in [-0.15, -0.1) is 0 Å². The predicted molar refractivity (Wildman–Crippen MR) is 128 cm³/mol. The smallest absolute Gasteiger partial charge is 0.321 e. The Hall–Kier alpha value is -3.75. The van der Waals surface area contributed by atoms with Crippen molar-refractivity contribution in [3.05, 3.63) is 66.3 Å². The summed E-state index contributed by atoms with van der Waals surface area (Å²) in [6.07, 6.45) is 3.26. The maximum Gasteiger partial charge on any atom is 0.321 e. The highest BCUT2D eigenvalue weighted by molar-refractivity contribution is 5.90. The summed E-state index contributed by atoms with van der Waals surface area (Å²) < 4.78 is 18.7. The fourth-order valence-electron chi connectivity index (χ4n) is 4.84. The third-order valence-electron chi connectivity index (χ3n) is 6.71. The zero-order chi connectivity index (χ0) is 24.2. The molecule has 2 aliphatic heterocycles. The maximum absolute atomic E-state index is 13.4. The van der Waals surface area contributed by atoms with Gasteiger partial charge in [0.15, 0.2) is 0 Å². The van der Waals surface area contributed by atoms with Crippen molar-refractivity contribution in [2.24, 2.45) is 5.92 Å². The molecule has 2 saturated heterocycles. The van der Waals surface area contributed by atoms with Crippen molar-refractivity contribution in [1.29, 1.82) is 0 Å². The summed E-state index contributed by atoms with van der Waals surface area (Å²) in [4.78, 5) is 34.2. The number of aromatic nitrogens is 2. The average Bonchev–Trinajstić information content (AvgIpc) is 3.40. The first kappa shape index (κ1) is 23.0. The largest absolute Gasteiger partial charge is 0.342 e. The third-order valence-corrected chi connectivity index (χ3v) is 6.71. The molecule has 9 heteroatoms. The van der Waals surface area contributed by atoms with Crippen LogP contribution in [-0.2, 0) is 4.79 Å². The Labute approximate surface area is 203 Å². The molecule has 2 aliphatic rings. The van der Waals surface area contributed by atoms with E-state index in [4.69, 9.17) is 4.52 Å². The Morgan fingerprint density at radius 1 is 0.943 bits per heavy atom. The summed E-state index contributed by atoms with van der Waals surface area (Å²) >= 11 is 0. The number of carbonyl (C=O) groups excluding carboxylic acids is 2. The predicted octanol–water partition coefficient (Wildman–Crippen LogP) is 4.53. The number of amides is 3. The monoisotopic (exact) mass is 477 g/mol. The van der Waals surface area contributed by atoms with Crippen molar-refractivity contribution < 1.29 is 18.5 Å². The number of anilines is 1. The number of benzene rings is 2. The summed E-state index contributed by atoms with van der Waals surface area (Å²) in [6.45, 7) is 2.24. The number of halogens is 1. The fraction of sp³-hybridized carbons (Fsp3) is 0.385. The van der Waals surface area contributed by atoms with Crippen LogP contribution in [0.25, 0.3) is 11.4 Å². The van der Waals surface area contributed by atoms with E-state index in [0.717, 1.165) is 31.4 Å². The third kappa shape index (κ3) is 5.34. The van der Waals surface area contributed by atoms with Crippen molar-refractivity contribution in [1.82, 2.24) is 19.9 Å². The van der Waals surface area contributed by atoms with Gasteiger partial charge in [-0.3, -0.25) is 4.79 Å². The van der Waals surface area contributed by atoms with Gasteiger partial charge in [-0.05, 0) is 62.1 Å². The van der Waals surface area contributed by atoms with Gasteiger partial charge in [0.1, 0.15) is 5.82 Å². The highest BCUT2D eigenvalue weighted by Gasteiger charge is 2.35. The molecule has 1 aromatic heterocycles. The van der Waals surface area contributed by atoms with E-state index in [0.29, 0.717) is 43.5 Å². The Kier molecular flexibility index (Phi) is 6.74. The molecule has 3 aromatic rings. The molecule has 182 valence electrons. The standard InChI is InChI=1S/C26H28FN5O3/c27-21-12-10-18(11-13-21)23-29-24(35-30-23)19-6-4-14-31(16-19)25(33)20-7-5-15-32(17-20)26(34)28-22-8-2-1-3-9-22/h1-3,8-13,19-20H,4-7,14-17H2,(H,28,34)/t19-,20+/m1/s1. The zero-order valence-corrected chi connectivity index (χ0v) is 19.4. The summed E-state index contributed by atoms with van der Waals surface area (Å²) in [7, 11) is 0. The van der Waals surface area contributed by atoms with Crippen LogP contribution in [0.1, 0.15) is 37.5 Å². The van der Waals surface area contributed by atoms with Crippen LogP contribution in [-0.4, -0.2) is 58.1 Å². The van der Waals surface area contributed by atoms with Gasteiger partial charge in [-0.2, -0.15) is 4.98 Å². The lowest BCUT2D eigenvalue weighted by molar-refractivity contribution is -0.138. The first-order chi connectivity index (χ1) is 17.1. The number of likely N-dealkylation sites (tertiary alicyclic amines) is 2. The molecule has 8 nitrogen and oxygen atoms in total. The highest BCUT2D eigenvalue weighted by Crippen LogP contribution is 2.30. The van der Waals surface area contributed by atoms with Crippen LogP contribution in [0.2, 0.25) is 0 Å². The molecule has 0 aliphatic carbocycles. The number of piperidine rings is 2. The normalized spacial score (nSPS) is 20.5. The molecule has 2 fully saturated rings. The average molecular weight is 478 g/mol. The molecule has 5 rings (SSSR count). The number of hydrogen-bond donors (Lipinski definition) is 1. The first-order valence-electron chi connectivity index (χ1n) is 12.1. The van der Waals surface area contributed by atoms with Gasteiger partial charge in [0.25, 0.3) is 0 Å².